The van der Waals surface area contributed by atoms with Gasteiger partial charge in [-0.1, -0.05) is 6.07 Å². The highest BCUT2D eigenvalue weighted by Crippen LogP contribution is 2.13. The van der Waals surface area contributed by atoms with E-state index in [1.165, 1.54) is 6.07 Å². The molecule has 1 aromatic rings. The van der Waals surface area contributed by atoms with E-state index in [-0.39, 0.29) is 11.5 Å². The Morgan fingerprint density at radius 2 is 2.20 bits per heavy atom. The number of amides is 1. The Morgan fingerprint density at radius 1 is 1.50 bits per heavy atom. The normalized spacial score (nSPS) is 15.9. The number of piperidine rings is 1. The second kappa shape index (κ2) is 6.49. The molecule has 106 valence electrons. The smallest absolute Gasteiger partial charge is 0.219 e. The van der Waals surface area contributed by atoms with Gasteiger partial charge in [0.25, 0.3) is 0 Å². The average Bonchev–Trinajstić information content (AvgIpc) is 2.46. The van der Waals surface area contributed by atoms with Crippen LogP contribution >= 0.6 is 0 Å². The van der Waals surface area contributed by atoms with Gasteiger partial charge in [-0.15, -0.1) is 0 Å². The summed E-state index contributed by atoms with van der Waals surface area (Å²) in [4.78, 5) is 13.1. The van der Waals surface area contributed by atoms with Gasteiger partial charge in [-0.25, -0.2) is 4.39 Å². The molecule has 1 fully saturated rings. The molecular weight excluding hydrogens is 257 g/mol. The summed E-state index contributed by atoms with van der Waals surface area (Å²) in [5, 5.41) is 12.2. The zero-order chi connectivity index (χ0) is 14.5. The molecule has 0 radical (unpaired) electrons. The van der Waals surface area contributed by atoms with Gasteiger partial charge in [0.2, 0.25) is 5.91 Å². The number of hydrogen-bond donors (Lipinski definition) is 1. The summed E-state index contributed by atoms with van der Waals surface area (Å²) in [5.41, 5.74) is 0.979. The molecule has 4 nitrogen and oxygen atoms in total. The van der Waals surface area contributed by atoms with Gasteiger partial charge in [0, 0.05) is 32.6 Å². The molecule has 1 heterocycles. The molecule has 1 aliphatic rings. The van der Waals surface area contributed by atoms with Crippen molar-refractivity contribution in [2.45, 2.75) is 32.4 Å². The van der Waals surface area contributed by atoms with E-state index in [0.717, 1.165) is 31.5 Å². The van der Waals surface area contributed by atoms with Crippen molar-refractivity contribution in [2.75, 3.05) is 13.1 Å². The highest BCUT2D eigenvalue weighted by molar-refractivity contribution is 5.73. The molecule has 0 aromatic heterocycles. The summed E-state index contributed by atoms with van der Waals surface area (Å²) in [6.07, 6.45) is 1.85. The number of benzene rings is 1. The number of nitriles is 1. The molecule has 1 saturated heterocycles. The van der Waals surface area contributed by atoms with Crippen molar-refractivity contribution in [1.82, 2.24) is 10.2 Å². The molecule has 0 saturated carbocycles. The van der Waals surface area contributed by atoms with E-state index in [2.05, 4.69) is 5.32 Å². The summed E-state index contributed by atoms with van der Waals surface area (Å²) in [7, 11) is 0. The third kappa shape index (κ3) is 3.55. The van der Waals surface area contributed by atoms with E-state index in [0.29, 0.717) is 12.6 Å². The summed E-state index contributed by atoms with van der Waals surface area (Å²) in [5.74, 6) is -0.355. The third-order valence-corrected chi connectivity index (χ3v) is 3.69. The number of carbonyl (C=O) groups excluding carboxylic acids is 1. The van der Waals surface area contributed by atoms with E-state index in [9.17, 15) is 9.18 Å². The minimum atomic E-state index is -0.481. The lowest BCUT2D eigenvalue weighted by atomic mass is 10.0. The first kappa shape index (κ1) is 14.5. The number of nitrogens with zero attached hydrogens (tertiary/aromatic N) is 2. The molecular formula is C15H18FN3O. The van der Waals surface area contributed by atoms with Crippen molar-refractivity contribution in [3.63, 3.8) is 0 Å². The van der Waals surface area contributed by atoms with Gasteiger partial charge in [0.05, 0.1) is 5.56 Å². The van der Waals surface area contributed by atoms with Gasteiger partial charge < -0.3 is 10.2 Å². The summed E-state index contributed by atoms with van der Waals surface area (Å²) in [6.45, 7) is 3.76. The van der Waals surface area contributed by atoms with Crippen LogP contribution in [0, 0.1) is 17.1 Å². The largest absolute Gasteiger partial charge is 0.343 e. The number of likely N-dealkylation sites (tertiary alicyclic amines) is 1. The van der Waals surface area contributed by atoms with Gasteiger partial charge in [0.15, 0.2) is 0 Å². The van der Waals surface area contributed by atoms with Gasteiger partial charge in [0.1, 0.15) is 11.9 Å². The van der Waals surface area contributed by atoms with Gasteiger partial charge in [-0.05, 0) is 30.5 Å². The Hall–Kier alpha value is -1.93. The average molecular weight is 275 g/mol. The maximum Gasteiger partial charge on any atom is 0.219 e. The van der Waals surface area contributed by atoms with Crippen molar-refractivity contribution in [3.8, 4) is 6.07 Å². The van der Waals surface area contributed by atoms with Crippen LogP contribution in [0.1, 0.15) is 30.9 Å². The van der Waals surface area contributed by atoms with Crippen LogP contribution in [-0.4, -0.2) is 29.9 Å². The molecule has 0 bridgehead atoms. The second-order valence-corrected chi connectivity index (χ2v) is 5.09. The molecule has 0 unspecified atom stereocenters. The van der Waals surface area contributed by atoms with Gasteiger partial charge in [-0.2, -0.15) is 5.26 Å². The lowest BCUT2D eigenvalue weighted by molar-refractivity contribution is -0.129. The molecule has 5 heteroatoms. The first-order valence-corrected chi connectivity index (χ1v) is 6.77. The minimum Gasteiger partial charge on any atom is -0.343 e. The lowest BCUT2D eigenvalue weighted by Crippen LogP contribution is -2.43. The summed E-state index contributed by atoms with van der Waals surface area (Å²) < 4.78 is 13.2. The van der Waals surface area contributed by atoms with Crippen LogP contribution in [0.3, 0.4) is 0 Å². The standard InChI is InChI=1S/C15H18FN3O/c1-11(20)19-6-4-14(5-7-19)18-10-12-2-3-15(16)13(8-12)9-17/h2-3,8,14,18H,4-7,10H2,1H3. The maximum atomic E-state index is 13.2. The first-order chi connectivity index (χ1) is 9.60. The SMILES string of the molecule is CC(=O)N1CCC(NCc2ccc(F)c(C#N)c2)CC1. The van der Waals surface area contributed by atoms with Crippen molar-refractivity contribution in [2.24, 2.45) is 0 Å². The highest BCUT2D eigenvalue weighted by atomic mass is 19.1. The van der Waals surface area contributed by atoms with Crippen LogP contribution in [-0.2, 0) is 11.3 Å². The molecule has 0 atom stereocenters. The lowest BCUT2D eigenvalue weighted by Gasteiger charge is -2.31. The Morgan fingerprint density at radius 3 is 2.80 bits per heavy atom. The molecule has 1 N–H and O–H groups in total. The fourth-order valence-electron chi connectivity index (χ4n) is 2.43. The van der Waals surface area contributed by atoms with Crippen LogP contribution in [0.5, 0.6) is 0 Å². The van der Waals surface area contributed by atoms with E-state index in [1.807, 2.05) is 11.0 Å². The molecule has 1 aromatic carbocycles. The molecule has 2 rings (SSSR count). The molecule has 1 amide bonds. The first-order valence-electron chi connectivity index (χ1n) is 6.77. The Labute approximate surface area is 118 Å². The van der Waals surface area contributed by atoms with Crippen LogP contribution in [0.25, 0.3) is 0 Å². The second-order valence-electron chi connectivity index (χ2n) is 5.09. The fraction of sp³-hybridized carbons (Fsp3) is 0.467. The number of nitrogens with one attached hydrogen (secondary N) is 1. The van der Waals surface area contributed by atoms with E-state index < -0.39 is 5.82 Å². The Bertz CT molecular complexity index is 530. The zero-order valence-corrected chi connectivity index (χ0v) is 11.5. The zero-order valence-electron chi connectivity index (χ0n) is 11.5. The minimum absolute atomic E-state index is 0.0794. The predicted octanol–water partition coefficient (Wildman–Crippen LogP) is 1.80. The van der Waals surface area contributed by atoms with Crippen LogP contribution in [0.15, 0.2) is 18.2 Å². The number of carbonyl (C=O) groups is 1. The molecule has 0 spiro atoms. The third-order valence-electron chi connectivity index (χ3n) is 3.69. The topological polar surface area (TPSA) is 56.1 Å². The van der Waals surface area contributed by atoms with Crippen molar-refractivity contribution in [1.29, 1.82) is 5.26 Å². The Balaban J connectivity index is 1.85. The van der Waals surface area contributed by atoms with Crippen molar-refractivity contribution >= 4 is 5.91 Å². The van der Waals surface area contributed by atoms with Crippen LogP contribution in [0.4, 0.5) is 4.39 Å². The van der Waals surface area contributed by atoms with E-state index in [4.69, 9.17) is 5.26 Å². The summed E-state index contributed by atoms with van der Waals surface area (Å²) in [6, 6.07) is 6.80. The predicted molar refractivity (Wildman–Crippen MR) is 73.2 cm³/mol. The molecule has 0 aliphatic carbocycles. The van der Waals surface area contributed by atoms with Crippen LogP contribution < -0.4 is 5.32 Å². The van der Waals surface area contributed by atoms with Crippen molar-refractivity contribution < 1.29 is 9.18 Å². The number of halogens is 1. The molecule has 1 aliphatic heterocycles. The monoisotopic (exact) mass is 275 g/mol. The van der Waals surface area contributed by atoms with Crippen LogP contribution in [0.2, 0.25) is 0 Å². The number of rotatable bonds is 3. The van der Waals surface area contributed by atoms with Crippen molar-refractivity contribution in [3.05, 3.63) is 35.1 Å². The van der Waals surface area contributed by atoms with E-state index >= 15 is 0 Å². The Kier molecular flexibility index (Phi) is 4.70. The highest BCUT2D eigenvalue weighted by Gasteiger charge is 2.20. The quantitative estimate of drug-likeness (QED) is 0.915. The van der Waals surface area contributed by atoms with Gasteiger partial charge in [-0.3, -0.25) is 4.79 Å². The molecule has 20 heavy (non-hydrogen) atoms. The summed E-state index contributed by atoms with van der Waals surface area (Å²) >= 11 is 0. The number of hydrogen-bond acceptors (Lipinski definition) is 3. The maximum absolute atomic E-state index is 13.2. The van der Waals surface area contributed by atoms with E-state index in [1.54, 1.807) is 19.1 Å². The van der Waals surface area contributed by atoms with Gasteiger partial charge >= 0.3 is 0 Å². The fourth-order valence-corrected chi connectivity index (χ4v) is 2.43.